The van der Waals surface area contributed by atoms with Gasteiger partial charge in [-0.1, -0.05) is 36.4 Å². The Morgan fingerprint density at radius 2 is 1.88 bits per heavy atom. The summed E-state index contributed by atoms with van der Waals surface area (Å²) < 4.78 is 0. The van der Waals surface area contributed by atoms with E-state index in [9.17, 15) is 9.90 Å². The lowest BCUT2D eigenvalue weighted by atomic mass is 9.98. The molecule has 1 atom stereocenters. The first-order chi connectivity index (χ1) is 11.5. The quantitative estimate of drug-likeness (QED) is 0.640. The van der Waals surface area contributed by atoms with Crippen molar-refractivity contribution in [3.63, 3.8) is 0 Å². The van der Waals surface area contributed by atoms with Gasteiger partial charge in [-0.25, -0.2) is 0 Å². The van der Waals surface area contributed by atoms with Gasteiger partial charge in [-0.15, -0.1) is 0 Å². The minimum Gasteiger partial charge on any atom is -0.508 e. The lowest BCUT2D eigenvalue weighted by molar-refractivity contribution is 0.0939. The number of hydrogen-bond donors (Lipinski definition) is 3. The van der Waals surface area contributed by atoms with Gasteiger partial charge in [0.2, 0.25) is 0 Å². The highest BCUT2D eigenvalue weighted by atomic mass is 16.3. The number of phenolic OH excluding ortho intramolecular Hbond substituents is 1. The predicted octanol–water partition coefficient (Wildman–Crippen LogP) is 3.93. The zero-order valence-corrected chi connectivity index (χ0v) is 13.7. The molecule has 3 aromatic rings. The number of nitrogen functional groups attached to an aromatic ring is 1. The SMILES string of the molecule is Cc1ccc(N)cc1C(=O)N[C@H](C)c1c(O)ccc2ccccc12. The molecule has 0 heterocycles. The number of carbonyl (C=O) groups excluding carboxylic acids is 1. The molecule has 0 saturated carbocycles. The lowest BCUT2D eigenvalue weighted by Crippen LogP contribution is -2.27. The van der Waals surface area contributed by atoms with Crippen LogP contribution in [0.5, 0.6) is 5.75 Å². The Morgan fingerprint density at radius 3 is 2.67 bits per heavy atom. The van der Waals surface area contributed by atoms with E-state index in [1.165, 1.54) is 0 Å². The van der Waals surface area contributed by atoms with Crippen LogP contribution in [0.3, 0.4) is 0 Å². The highest BCUT2D eigenvalue weighted by Crippen LogP contribution is 2.32. The Balaban J connectivity index is 1.96. The summed E-state index contributed by atoms with van der Waals surface area (Å²) in [6.07, 6.45) is 0. The molecule has 4 heteroatoms. The smallest absolute Gasteiger partial charge is 0.252 e. The topological polar surface area (TPSA) is 75.4 Å². The molecule has 1 amide bonds. The van der Waals surface area contributed by atoms with Crippen LogP contribution in [0.25, 0.3) is 10.8 Å². The van der Waals surface area contributed by atoms with Gasteiger partial charge in [0.25, 0.3) is 5.91 Å². The molecular formula is C20H20N2O2. The van der Waals surface area contributed by atoms with E-state index in [0.717, 1.165) is 16.3 Å². The maximum atomic E-state index is 12.6. The molecule has 3 rings (SSSR count). The molecule has 0 spiro atoms. The Kier molecular flexibility index (Phi) is 4.13. The summed E-state index contributed by atoms with van der Waals surface area (Å²) in [5, 5.41) is 15.2. The van der Waals surface area contributed by atoms with Crippen LogP contribution in [-0.2, 0) is 0 Å². The Morgan fingerprint density at radius 1 is 1.12 bits per heavy atom. The fraction of sp³-hybridized carbons (Fsp3) is 0.150. The predicted molar refractivity (Wildman–Crippen MR) is 97.1 cm³/mol. The molecule has 0 aromatic heterocycles. The van der Waals surface area contributed by atoms with E-state index in [4.69, 9.17) is 5.73 Å². The van der Waals surface area contributed by atoms with Crippen LogP contribution in [0.2, 0.25) is 0 Å². The fourth-order valence-corrected chi connectivity index (χ4v) is 2.97. The van der Waals surface area contributed by atoms with E-state index in [1.807, 2.05) is 50.2 Å². The van der Waals surface area contributed by atoms with Crippen molar-refractivity contribution in [2.75, 3.05) is 5.73 Å². The molecular weight excluding hydrogens is 300 g/mol. The first-order valence-corrected chi connectivity index (χ1v) is 7.85. The summed E-state index contributed by atoms with van der Waals surface area (Å²) >= 11 is 0. The van der Waals surface area contributed by atoms with Gasteiger partial charge < -0.3 is 16.2 Å². The third kappa shape index (κ3) is 2.91. The molecule has 0 saturated heterocycles. The van der Waals surface area contributed by atoms with E-state index in [0.29, 0.717) is 16.8 Å². The summed E-state index contributed by atoms with van der Waals surface area (Å²) in [7, 11) is 0. The normalized spacial score (nSPS) is 12.1. The molecule has 0 aliphatic rings. The monoisotopic (exact) mass is 320 g/mol. The van der Waals surface area contributed by atoms with Crippen LogP contribution < -0.4 is 11.1 Å². The van der Waals surface area contributed by atoms with E-state index < -0.39 is 0 Å². The van der Waals surface area contributed by atoms with Gasteiger partial charge in [0, 0.05) is 16.8 Å². The highest BCUT2D eigenvalue weighted by Gasteiger charge is 2.18. The largest absolute Gasteiger partial charge is 0.508 e. The molecule has 4 nitrogen and oxygen atoms in total. The third-order valence-electron chi connectivity index (χ3n) is 4.23. The Bertz CT molecular complexity index is 919. The first-order valence-electron chi connectivity index (χ1n) is 7.85. The van der Waals surface area contributed by atoms with Crippen molar-refractivity contribution in [1.82, 2.24) is 5.32 Å². The average Bonchev–Trinajstić information content (AvgIpc) is 2.56. The lowest BCUT2D eigenvalue weighted by Gasteiger charge is -2.19. The van der Waals surface area contributed by atoms with Crippen molar-refractivity contribution >= 4 is 22.4 Å². The van der Waals surface area contributed by atoms with Gasteiger partial charge in [-0.05, 0) is 48.4 Å². The fourth-order valence-electron chi connectivity index (χ4n) is 2.97. The number of hydrogen-bond acceptors (Lipinski definition) is 3. The summed E-state index contributed by atoms with van der Waals surface area (Å²) in [6, 6.07) is 16.2. The van der Waals surface area contributed by atoms with Crippen LogP contribution in [0.4, 0.5) is 5.69 Å². The number of nitrogens with two attached hydrogens (primary N) is 1. The van der Waals surface area contributed by atoms with Crippen LogP contribution >= 0.6 is 0 Å². The molecule has 3 aromatic carbocycles. The summed E-state index contributed by atoms with van der Waals surface area (Å²) in [6.45, 7) is 3.73. The first kappa shape index (κ1) is 15.9. The number of anilines is 1. The number of carbonyl (C=O) groups is 1. The number of rotatable bonds is 3. The molecule has 0 bridgehead atoms. The summed E-state index contributed by atoms with van der Waals surface area (Å²) in [5.41, 5.74) is 8.45. The highest BCUT2D eigenvalue weighted by molar-refractivity contribution is 5.97. The minimum atomic E-state index is -0.343. The second-order valence-corrected chi connectivity index (χ2v) is 5.99. The molecule has 24 heavy (non-hydrogen) atoms. The molecule has 4 N–H and O–H groups in total. The van der Waals surface area contributed by atoms with Gasteiger partial charge in [-0.3, -0.25) is 4.79 Å². The molecule has 0 aliphatic carbocycles. The van der Waals surface area contributed by atoms with Crippen molar-refractivity contribution < 1.29 is 9.90 Å². The van der Waals surface area contributed by atoms with E-state index >= 15 is 0 Å². The van der Waals surface area contributed by atoms with Crippen LogP contribution in [-0.4, -0.2) is 11.0 Å². The maximum absolute atomic E-state index is 12.6. The molecule has 0 aliphatic heterocycles. The van der Waals surface area contributed by atoms with Gasteiger partial charge in [0.1, 0.15) is 5.75 Å². The molecule has 122 valence electrons. The van der Waals surface area contributed by atoms with Gasteiger partial charge in [0.15, 0.2) is 0 Å². The zero-order chi connectivity index (χ0) is 17.3. The number of aryl methyl sites for hydroxylation is 1. The van der Waals surface area contributed by atoms with Gasteiger partial charge >= 0.3 is 0 Å². The number of aromatic hydroxyl groups is 1. The van der Waals surface area contributed by atoms with E-state index in [1.54, 1.807) is 18.2 Å². The van der Waals surface area contributed by atoms with Crippen molar-refractivity contribution in [2.24, 2.45) is 0 Å². The van der Waals surface area contributed by atoms with E-state index in [-0.39, 0.29) is 17.7 Å². The second kappa shape index (κ2) is 6.24. The number of fused-ring (bicyclic) bond motifs is 1. The van der Waals surface area contributed by atoms with Crippen molar-refractivity contribution in [3.05, 3.63) is 71.3 Å². The van der Waals surface area contributed by atoms with Gasteiger partial charge in [-0.2, -0.15) is 0 Å². The standard InChI is InChI=1S/C20H20N2O2/c1-12-7-9-15(21)11-17(12)20(24)22-13(2)19-16-6-4-3-5-14(16)8-10-18(19)23/h3-11,13,23H,21H2,1-2H3,(H,22,24)/t13-/m1/s1. The van der Waals surface area contributed by atoms with Crippen molar-refractivity contribution in [3.8, 4) is 5.75 Å². The molecule has 0 fully saturated rings. The molecule has 0 radical (unpaired) electrons. The minimum absolute atomic E-state index is 0.172. The second-order valence-electron chi connectivity index (χ2n) is 5.99. The number of benzene rings is 3. The molecule has 0 unspecified atom stereocenters. The van der Waals surface area contributed by atoms with Crippen LogP contribution in [0.15, 0.2) is 54.6 Å². The summed E-state index contributed by atoms with van der Waals surface area (Å²) in [4.78, 5) is 12.6. The third-order valence-corrected chi connectivity index (χ3v) is 4.23. The Labute approximate surface area is 140 Å². The number of amides is 1. The van der Waals surface area contributed by atoms with Crippen LogP contribution in [0.1, 0.15) is 34.5 Å². The van der Waals surface area contributed by atoms with Crippen LogP contribution in [0, 0.1) is 6.92 Å². The average molecular weight is 320 g/mol. The van der Waals surface area contributed by atoms with E-state index in [2.05, 4.69) is 5.32 Å². The maximum Gasteiger partial charge on any atom is 0.252 e. The number of phenols is 1. The van der Waals surface area contributed by atoms with Gasteiger partial charge in [0.05, 0.1) is 6.04 Å². The summed E-state index contributed by atoms with van der Waals surface area (Å²) in [5.74, 6) is -0.0366. The van der Waals surface area contributed by atoms with Crippen molar-refractivity contribution in [2.45, 2.75) is 19.9 Å². The van der Waals surface area contributed by atoms with Crippen molar-refractivity contribution in [1.29, 1.82) is 0 Å². The Hall–Kier alpha value is -3.01. The zero-order valence-electron chi connectivity index (χ0n) is 13.7. The number of nitrogens with one attached hydrogen (secondary N) is 1.